The molecule has 0 aliphatic heterocycles. The van der Waals surface area contributed by atoms with E-state index >= 15 is 0 Å². The lowest BCUT2D eigenvalue weighted by atomic mass is 10.1. The highest BCUT2D eigenvalue weighted by Crippen LogP contribution is 2.20. The number of carbonyl (C=O) groups is 1. The molecule has 0 unspecified atom stereocenters. The molecule has 112 valence electrons. The number of ether oxygens (including phenoxy) is 1. The number of hydrogen-bond donors (Lipinski definition) is 1. The first-order valence-corrected chi connectivity index (χ1v) is 7.10. The van der Waals surface area contributed by atoms with Crippen LogP contribution in [0.25, 0.3) is 0 Å². The van der Waals surface area contributed by atoms with E-state index in [2.05, 4.69) is 11.4 Å². The number of nitrogens with zero attached hydrogens (tertiary/aromatic N) is 1. The zero-order valence-corrected chi connectivity index (χ0v) is 12.7. The molecule has 2 aromatic rings. The Bertz CT molecular complexity index is 717. The maximum atomic E-state index is 11.9. The molecular weight excluding hydrogens is 276 g/mol. The first-order chi connectivity index (χ1) is 10.6. The maximum Gasteiger partial charge on any atom is 0.227 e. The fourth-order valence-electron chi connectivity index (χ4n) is 2.04. The van der Waals surface area contributed by atoms with Crippen molar-refractivity contribution in [1.82, 2.24) is 0 Å². The summed E-state index contributed by atoms with van der Waals surface area (Å²) in [6.07, 6.45) is 0.229. The molecule has 1 N–H and O–H groups in total. The van der Waals surface area contributed by atoms with Crippen molar-refractivity contribution in [3.05, 3.63) is 59.2 Å². The summed E-state index contributed by atoms with van der Waals surface area (Å²) in [5, 5.41) is 11.7. The molecule has 4 heteroatoms. The van der Waals surface area contributed by atoms with Gasteiger partial charge in [-0.05, 0) is 43.2 Å². The number of nitrogens with one attached hydrogen (secondary N) is 1. The van der Waals surface area contributed by atoms with E-state index in [4.69, 9.17) is 10.00 Å². The minimum atomic E-state index is -0.173. The van der Waals surface area contributed by atoms with E-state index in [0.29, 0.717) is 17.9 Å². The fourth-order valence-corrected chi connectivity index (χ4v) is 2.04. The number of carbonyl (C=O) groups excluding carboxylic acids is 1. The molecule has 0 aromatic heterocycles. The number of anilines is 1. The average Bonchev–Trinajstić information content (AvgIpc) is 2.52. The van der Waals surface area contributed by atoms with Crippen LogP contribution in [-0.2, 0) is 4.79 Å². The smallest absolute Gasteiger partial charge is 0.227 e. The van der Waals surface area contributed by atoms with E-state index in [1.807, 2.05) is 32.0 Å². The predicted octanol–water partition coefficient (Wildman–Crippen LogP) is 3.58. The second kappa shape index (κ2) is 7.28. The predicted molar refractivity (Wildman–Crippen MR) is 85.8 cm³/mol. The Balaban J connectivity index is 1.88. The Labute approximate surface area is 130 Å². The van der Waals surface area contributed by atoms with Crippen molar-refractivity contribution in [1.29, 1.82) is 5.26 Å². The standard InChI is InChI=1S/C18H18N2O2/c1-13-6-5-9-17(14(13)2)22-11-10-18(21)20-16-8-4-3-7-15(16)12-19/h3-9H,10-11H2,1-2H3,(H,20,21). The molecule has 0 heterocycles. The second-order valence-electron chi connectivity index (χ2n) is 5.00. The number of benzene rings is 2. The molecule has 0 atom stereocenters. The number of aryl methyl sites for hydroxylation is 1. The van der Waals surface area contributed by atoms with Crippen LogP contribution >= 0.6 is 0 Å². The molecule has 0 saturated heterocycles. The van der Waals surface area contributed by atoms with Gasteiger partial charge >= 0.3 is 0 Å². The molecule has 0 spiro atoms. The van der Waals surface area contributed by atoms with Gasteiger partial charge in [0.2, 0.25) is 5.91 Å². The quantitative estimate of drug-likeness (QED) is 0.916. The lowest BCUT2D eigenvalue weighted by Crippen LogP contribution is -2.16. The van der Waals surface area contributed by atoms with Gasteiger partial charge in [0.05, 0.1) is 24.3 Å². The van der Waals surface area contributed by atoms with Gasteiger partial charge in [-0.3, -0.25) is 4.79 Å². The lowest BCUT2D eigenvalue weighted by Gasteiger charge is -2.11. The van der Waals surface area contributed by atoms with Crippen LogP contribution in [-0.4, -0.2) is 12.5 Å². The molecule has 0 aliphatic rings. The molecule has 0 fully saturated rings. The lowest BCUT2D eigenvalue weighted by molar-refractivity contribution is -0.116. The van der Waals surface area contributed by atoms with Gasteiger partial charge < -0.3 is 10.1 Å². The molecular formula is C18H18N2O2. The van der Waals surface area contributed by atoms with Gasteiger partial charge in [0.1, 0.15) is 11.8 Å². The molecule has 0 saturated carbocycles. The summed E-state index contributed by atoms with van der Waals surface area (Å²) in [4.78, 5) is 11.9. The highest BCUT2D eigenvalue weighted by atomic mass is 16.5. The fraction of sp³-hybridized carbons (Fsp3) is 0.222. The highest BCUT2D eigenvalue weighted by Gasteiger charge is 2.07. The number of rotatable bonds is 5. The molecule has 1 amide bonds. The number of amides is 1. The van der Waals surface area contributed by atoms with Crippen LogP contribution in [0.3, 0.4) is 0 Å². The summed E-state index contributed by atoms with van der Waals surface area (Å²) < 4.78 is 5.66. The van der Waals surface area contributed by atoms with Crippen LogP contribution in [0, 0.1) is 25.2 Å². The third-order valence-electron chi connectivity index (χ3n) is 3.46. The summed E-state index contributed by atoms with van der Waals surface area (Å²) in [6.45, 7) is 4.31. The van der Waals surface area contributed by atoms with Crippen LogP contribution in [0.5, 0.6) is 5.75 Å². The molecule has 4 nitrogen and oxygen atoms in total. The summed E-state index contributed by atoms with van der Waals surface area (Å²) in [7, 11) is 0. The zero-order valence-electron chi connectivity index (χ0n) is 12.7. The molecule has 22 heavy (non-hydrogen) atoms. The molecule has 2 aromatic carbocycles. The van der Waals surface area contributed by atoms with Crippen molar-refractivity contribution in [3.8, 4) is 11.8 Å². The minimum Gasteiger partial charge on any atom is -0.493 e. The van der Waals surface area contributed by atoms with E-state index < -0.39 is 0 Å². The first kappa shape index (κ1) is 15.6. The Hall–Kier alpha value is -2.80. The summed E-state index contributed by atoms with van der Waals surface area (Å²) in [5.41, 5.74) is 3.22. The van der Waals surface area contributed by atoms with E-state index in [9.17, 15) is 4.79 Å². The SMILES string of the molecule is Cc1cccc(OCCC(=O)Nc2ccccc2C#N)c1C. The zero-order chi connectivity index (χ0) is 15.9. The Morgan fingerprint density at radius 3 is 2.73 bits per heavy atom. The van der Waals surface area contributed by atoms with E-state index in [1.165, 1.54) is 0 Å². The summed E-state index contributed by atoms with van der Waals surface area (Å²) in [6, 6.07) is 14.8. The van der Waals surface area contributed by atoms with Gasteiger partial charge in [-0.15, -0.1) is 0 Å². The van der Waals surface area contributed by atoms with Crippen molar-refractivity contribution >= 4 is 11.6 Å². The number of para-hydroxylation sites is 1. The van der Waals surface area contributed by atoms with Crippen molar-refractivity contribution in [2.75, 3.05) is 11.9 Å². The Morgan fingerprint density at radius 2 is 1.95 bits per heavy atom. The molecule has 2 rings (SSSR count). The third kappa shape index (κ3) is 3.86. The van der Waals surface area contributed by atoms with Gasteiger partial charge in [0.15, 0.2) is 0 Å². The van der Waals surface area contributed by atoms with Gasteiger partial charge in [-0.2, -0.15) is 5.26 Å². The van der Waals surface area contributed by atoms with Crippen molar-refractivity contribution in [2.45, 2.75) is 20.3 Å². The highest BCUT2D eigenvalue weighted by molar-refractivity contribution is 5.92. The van der Waals surface area contributed by atoms with Gasteiger partial charge in [-0.1, -0.05) is 24.3 Å². The van der Waals surface area contributed by atoms with Crippen LogP contribution < -0.4 is 10.1 Å². The van der Waals surface area contributed by atoms with Crippen LogP contribution in [0.1, 0.15) is 23.1 Å². The first-order valence-electron chi connectivity index (χ1n) is 7.10. The minimum absolute atomic E-state index is 0.173. The Morgan fingerprint density at radius 1 is 1.18 bits per heavy atom. The summed E-state index contributed by atoms with van der Waals surface area (Å²) in [5.74, 6) is 0.623. The molecule has 0 aliphatic carbocycles. The molecule has 0 radical (unpaired) electrons. The van der Waals surface area contributed by atoms with E-state index in [0.717, 1.165) is 16.9 Å². The monoisotopic (exact) mass is 294 g/mol. The largest absolute Gasteiger partial charge is 0.493 e. The molecule has 0 bridgehead atoms. The topological polar surface area (TPSA) is 62.1 Å². The van der Waals surface area contributed by atoms with Crippen LogP contribution in [0.4, 0.5) is 5.69 Å². The van der Waals surface area contributed by atoms with E-state index in [-0.39, 0.29) is 12.3 Å². The van der Waals surface area contributed by atoms with Crippen molar-refractivity contribution in [2.24, 2.45) is 0 Å². The third-order valence-corrected chi connectivity index (χ3v) is 3.46. The van der Waals surface area contributed by atoms with Gasteiger partial charge in [-0.25, -0.2) is 0 Å². The Kier molecular flexibility index (Phi) is 5.16. The maximum absolute atomic E-state index is 11.9. The number of nitriles is 1. The van der Waals surface area contributed by atoms with E-state index in [1.54, 1.807) is 24.3 Å². The van der Waals surface area contributed by atoms with Crippen molar-refractivity contribution < 1.29 is 9.53 Å². The van der Waals surface area contributed by atoms with Gasteiger partial charge in [0.25, 0.3) is 0 Å². The average molecular weight is 294 g/mol. The second-order valence-corrected chi connectivity index (χ2v) is 5.00. The van der Waals surface area contributed by atoms with Crippen LogP contribution in [0.15, 0.2) is 42.5 Å². The van der Waals surface area contributed by atoms with Gasteiger partial charge in [0, 0.05) is 0 Å². The number of hydrogen-bond acceptors (Lipinski definition) is 3. The normalized spacial score (nSPS) is 9.86. The summed E-state index contributed by atoms with van der Waals surface area (Å²) >= 11 is 0. The van der Waals surface area contributed by atoms with Crippen LogP contribution in [0.2, 0.25) is 0 Å². The van der Waals surface area contributed by atoms with Crippen molar-refractivity contribution in [3.63, 3.8) is 0 Å².